The molecule has 0 spiro atoms. The highest BCUT2D eigenvalue weighted by molar-refractivity contribution is 9.10. The number of nitrogens with zero attached hydrogens (tertiary/aromatic N) is 1. The molecule has 1 aromatic rings. The van der Waals surface area contributed by atoms with Gasteiger partial charge in [0.2, 0.25) is 5.91 Å². The van der Waals surface area contributed by atoms with Gasteiger partial charge in [-0.2, -0.15) is 5.06 Å². The minimum absolute atomic E-state index is 0.113. The summed E-state index contributed by atoms with van der Waals surface area (Å²) in [5.74, 6) is 2.34. The lowest BCUT2D eigenvalue weighted by molar-refractivity contribution is -0.183. The SMILES string of the molecule is C[C@@H]1[C@@H](NC(=O)[C@@H]2[C@H]([C@H](C)O)[C@H](CO)ON2Cc2cccc(Br)c2OCC2CC2)C[C@H]2C[C@@H]1C2(C)C. The van der Waals surface area contributed by atoms with Crippen molar-refractivity contribution < 1.29 is 24.6 Å². The molecule has 36 heavy (non-hydrogen) atoms. The van der Waals surface area contributed by atoms with Crippen LogP contribution in [0.5, 0.6) is 5.75 Å². The van der Waals surface area contributed by atoms with Gasteiger partial charge in [-0.05, 0) is 83.7 Å². The predicted molar refractivity (Wildman–Crippen MR) is 140 cm³/mol. The molecule has 3 N–H and O–H groups in total. The molecule has 7 nitrogen and oxygen atoms in total. The number of amides is 1. The van der Waals surface area contributed by atoms with Crippen LogP contribution in [0.4, 0.5) is 0 Å². The summed E-state index contributed by atoms with van der Waals surface area (Å²) in [6, 6.07) is 5.28. The summed E-state index contributed by atoms with van der Waals surface area (Å²) in [5.41, 5.74) is 1.24. The van der Waals surface area contributed by atoms with Gasteiger partial charge in [0, 0.05) is 17.5 Å². The van der Waals surface area contributed by atoms with Crippen molar-refractivity contribution in [1.82, 2.24) is 10.4 Å². The molecule has 0 aromatic heterocycles. The number of ether oxygens (including phenoxy) is 1. The number of hydrogen-bond acceptors (Lipinski definition) is 6. The second-order valence-corrected chi connectivity index (χ2v) is 13.1. The molecule has 1 amide bonds. The van der Waals surface area contributed by atoms with Gasteiger partial charge in [-0.1, -0.05) is 32.9 Å². The van der Waals surface area contributed by atoms with E-state index in [-0.39, 0.29) is 18.6 Å². The van der Waals surface area contributed by atoms with Crippen LogP contribution in [0, 0.1) is 35.0 Å². The minimum atomic E-state index is -0.813. The largest absolute Gasteiger partial charge is 0.492 e. The van der Waals surface area contributed by atoms with Crippen molar-refractivity contribution in [2.45, 2.75) is 84.2 Å². The predicted octanol–water partition coefficient (Wildman–Crippen LogP) is 3.90. The molecule has 1 aliphatic heterocycles. The second kappa shape index (κ2) is 10.2. The number of rotatable bonds is 9. The number of nitrogens with one attached hydrogen (secondary N) is 1. The van der Waals surface area contributed by atoms with Gasteiger partial charge in [0.1, 0.15) is 17.9 Å². The van der Waals surface area contributed by atoms with Crippen LogP contribution in [0.15, 0.2) is 22.7 Å². The number of hydrogen-bond donors (Lipinski definition) is 3. The summed E-state index contributed by atoms with van der Waals surface area (Å²) in [6.45, 7) is 9.35. The van der Waals surface area contributed by atoms with E-state index in [1.165, 1.54) is 19.3 Å². The Labute approximate surface area is 223 Å². The van der Waals surface area contributed by atoms with Gasteiger partial charge < -0.3 is 20.3 Å². The molecule has 8 heteroatoms. The van der Waals surface area contributed by atoms with Crippen molar-refractivity contribution in [3.05, 3.63) is 28.2 Å². The van der Waals surface area contributed by atoms with Gasteiger partial charge in [-0.15, -0.1) is 0 Å². The highest BCUT2D eigenvalue weighted by Crippen LogP contribution is 2.61. The third kappa shape index (κ3) is 4.84. The Hall–Kier alpha value is -1.19. The molecule has 5 aliphatic rings. The first-order valence-electron chi connectivity index (χ1n) is 13.5. The molecule has 6 rings (SSSR count). The molecule has 5 fully saturated rings. The van der Waals surface area contributed by atoms with Gasteiger partial charge in [0.25, 0.3) is 0 Å². The Morgan fingerprint density at radius 1 is 1.33 bits per heavy atom. The van der Waals surface area contributed by atoms with Crippen molar-refractivity contribution in [3.8, 4) is 5.75 Å². The Morgan fingerprint density at radius 3 is 2.69 bits per heavy atom. The number of carbonyl (C=O) groups excluding carboxylic acids is 1. The molecule has 1 saturated heterocycles. The number of para-hydroxylation sites is 1. The fourth-order valence-corrected chi connectivity index (χ4v) is 7.50. The lowest BCUT2D eigenvalue weighted by Crippen LogP contribution is -2.62. The number of benzene rings is 1. The van der Waals surface area contributed by atoms with Crippen LogP contribution >= 0.6 is 15.9 Å². The first-order valence-corrected chi connectivity index (χ1v) is 14.3. The Bertz CT molecular complexity index is 967. The average Bonchev–Trinajstić information content (AvgIpc) is 3.58. The highest BCUT2D eigenvalue weighted by atomic mass is 79.9. The van der Waals surface area contributed by atoms with E-state index >= 15 is 0 Å². The summed E-state index contributed by atoms with van der Waals surface area (Å²) >= 11 is 3.62. The molecule has 0 radical (unpaired) electrons. The maximum Gasteiger partial charge on any atom is 0.240 e. The number of fused-ring (bicyclic) bond motifs is 2. The van der Waals surface area contributed by atoms with Crippen molar-refractivity contribution in [2.75, 3.05) is 13.2 Å². The van der Waals surface area contributed by atoms with E-state index in [2.05, 4.69) is 42.0 Å². The van der Waals surface area contributed by atoms with Crippen molar-refractivity contribution in [1.29, 1.82) is 0 Å². The summed E-state index contributed by atoms with van der Waals surface area (Å²) < 4.78 is 7.03. The van der Waals surface area contributed by atoms with Gasteiger partial charge in [-0.3, -0.25) is 9.63 Å². The number of aliphatic hydroxyl groups is 2. The molecular weight excluding hydrogens is 524 g/mol. The van der Waals surface area contributed by atoms with Gasteiger partial charge >= 0.3 is 0 Å². The quantitative estimate of drug-likeness (QED) is 0.421. The molecule has 2 bridgehead atoms. The summed E-state index contributed by atoms with van der Waals surface area (Å²) in [4.78, 5) is 20.0. The molecule has 0 unspecified atom stereocenters. The lowest BCUT2D eigenvalue weighted by Gasteiger charge is -2.62. The normalized spacial score (nSPS) is 36.2. The van der Waals surface area contributed by atoms with E-state index < -0.39 is 24.2 Å². The third-order valence-electron chi connectivity index (χ3n) is 9.60. The molecular formula is C28H41BrN2O5. The second-order valence-electron chi connectivity index (χ2n) is 12.2. The van der Waals surface area contributed by atoms with Crippen LogP contribution in [0.3, 0.4) is 0 Å². The van der Waals surface area contributed by atoms with Crippen LogP contribution in [0.2, 0.25) is 0 Å². The summed E-state index contributed by atoms with van der Waals surface area (Å²) in [7, 11) is 0. The van der Waals surface area contributed by atoms with Crippen LogP contribution in [-0.2, 0) is 16.2 Å². The van der Waals surface area contributed by atoms with Gasteiger partial charge in [0.05, 0.1) is 30.3 Å². The Balaban J connectivity index is 1.36. The lowest BCUT2D eigenvalue weighted by atomic mass is 9.45. The fourth-order valence-electron chi connectivity index (χ4n) is 6.98. The molecule has 4 aliphatic carbocycles. The van der Waals surface area contributed by atoms with E-state index in [1.54, 1.807) is 12.0 Å². The van der Waals surface area contributed by atoms with Crippen LogP contribution in [0.25, 0.3) is 0 Å². The molecule has 4 saturated carbocycles. The first kappa shape index (κ1) is 26.4. The van der Waals surface area contributed by atoms with E-state index in [0.29, 0.717) is 42.2 Å². The monoisotopic (exact) mass is 564 g/mol. The fraction of sp³-hybridized carbons (Fsp3) is 0.750. The smallest absolute Gasteiger partial charge is 0.240 e. The van der Waals surface area contributed by atoms with Crippen molar-refractivity contribution >= 4 is 21.8 Å². The maximum absolute atomic E-state index is 13.8. The first-order chi connectivity index (χ1) is 17.1. The summed E-state index contributed by atoms with van der Waals surface area (Å²) in [6.07, 6.45) is 3.16. The number of halogens is 1. The Morgan fingerprint density at radius 2 is 2.08 bits per heavy atom. The molecule has 8 atom stereocenters. The van der Waals surface area contributed by atoms with Crippen LogP contribution < -0.4 is 10.1 Å². The van der Waals surface area contributed by atoms with E-state index in [1.807, 2.05) is 18.2 Å². The zero-order chi connectivity index (χ0) is 25.8. The minimum Gasteiger partial charge on any atom is -0.492 e. The maximum atomic E-state index is 13.8. The number of hydroxylamine groups is 2. The van der Waals surface area contributed by atoms with Gasteiger partial charge in [-0.25, -0.2) is 0 Å². The molecule has 1 heterocycles. The topological polar surface area (TPSA) is 91.3 Å². The van der Waals surface area contributed by atoms with Crippen LogP contribution in [-0.4, -0.2) is 58.7 Å². The van der Waals surface area contributed by atoms with Crippen molar-refractivity contribution in [3.63, 3.8) is 0 Å². The third-order valence-corrected chi connectivity index (χ3v) is 10.2. The zero-order valence-electron chi connectivity index (χ0n) is 21.8. The van der Waals surface area contributed by atoms with E-state index in [9.17, 15) is 15.0 Å². The van der Waals surface area contributed by atoms with Gasteiger partial charge in [0.15, 0.2) is 0 Å². The number of aliphatic hydroxyl groups excluding tert-OH is 2. The van der Waals surface area contributed by atoms with Crippen LogP contribution in [0.1, 0.15) is 58.9 Å². The number of carbonyl (C=O) groups is 1. The summed E-state index contributed by atoms with van der Waals surface area (Å²) in [5, 5.41) is 25.7. The average molecular weight is 566 g/mol. The Kier molecular flexibility index (Phi) is 7.47. The highest BCUT2D eigenvalue weighted by Gasteiger charge is 2.57. The van der Waals surface area contributed by atoms with E-state index in [4.69, 9.17) is 9.57 Å². The van der Waals surface area contributed by atoms with E-state index in [0.717, 1.165) is 22.2 Å². The molecule has 200 valence electrons. The zero-order valence-corrected chi connectivity index (χ0v) is 23.4. The molecule has 1 aromatic carbocycles. The standard InChI is InChI=1S/C28H41BrN2O5/c1-15-20-10-19(28(20,3)4)11-22(15)30-27(34)25-24(16(2)33)23(13-32)36-31(25)12-18-6-5-7-21(29)26(18)35-14-17-8-9-17/h5-7,15-17,19-20,22-25,32-33H,8-14H2,1-4H3,(H,30,34)/t15-,16-,19+,20-,22-,23-,24+,25-/m0/s1. The van der Waals surface area contributed by atoms with Crippen molar-refractivity contribution in [2.24, 2.45) is 35.0 Å².